The number of tetrazole rings is 1. The number of carbonyl (C=O) groups is 2. The normalized spacial score (nSPS) is 10.3. The third kappa shape index (κ3) is 6.30. The quantitative estimate of drug-likeness (QED) is 0.456. The first kappa shape index (κ1) is 20.8. The maximum absolute atomic E-state index is 11.9. The van der Waals surface area contributed by atoms with Crippen molar-refractivity contribution in [1.29, 1.82) is 0 Å². The van der Waals surface area contributed by atoms with Crippen LogP contribution in [0.1, 0.15) is 12.8 Å². The maximum Gasteiger partial charge on any atom is 0.257 e. The van der Waals surface area contributed by atoms with Crippen LogP contribution in [0.5, 0.6) is 5.75 Å². The van der Waals surface area contributed by atoms with Gasteiger partial charge in [0.15, 0.2) is 0 Å². The van der Waals surface area contributed by atoms with Crippen LogP contribution in [0.25, 0.3) is 11.4 Å². The summed E-state index contributed by atoms with van der Waals surface area (Å²) in [4.78, 5) is 25.2. The van der Waals surface area contributed by atoms with Gasteiger partial charge in [-0.3, -0.25) is 20.4 Å². The standard InChI is InChI=1S/C20H23N7O3/c1-30-17-11-9-16(10-12-17)21-14-19(29)23-22-18(28)8-5-13-27-25-20(24-26-27)15-6-3-2-4-7-15/h2-4,6-7,9-12,21H,5,8,13-14H2,1H3,(H,22,28)(H,23,29). The third-order valence-electron chi connectivity index (χ3n) is 4.13. The van der Waals surface area contributed by atoms with Crippen LogP contribution < -0.4 is 20.9 Å². The van der Waals surface area contributed by atoms with Gasteiger partial charge in [0, 0.05) is 17.7 Å². The second-order valence-electron chi connectivity index (χ2n) is 6.36. The van der Waals surface area contributed by atoms with Crippen LogP contribution in [-0.4, -0.2) is 45.7 Å². The first-order chi connectivity index (χ1) is 14.6. The van der Waals surface area contributed by atoms with E-state index in [1.54, 1.807) is 31.4 Å². The lowest BCUT2D eigenvalue weighted by Crippen LogP contribution is -2.44. The number of methoxy groups -OCH3 is 1. The Morgan fingerprint density at radius 3 is 2.47 bits per heavy atom. The smallest absolute Gasteiger partial charge is 0.257 e. The Hall–Kier alpha value is -3.95. The van der Waals surface area contributed by atoms with E-state index in [4.69, 9.17) is 4.74 Å². The second-order valence-corrected chi connectivity index (χ2v) is 6.36. The van der Waals surface area contributed by atoms with E-state index in [-0.39, 0.29) is 24.8 Å². The average Bonchev–Trinajstić information content (AvgIpc) is 3.26. The van der Waals surface area contributed by atoms with Crippen LogP contribution >= 0.6 is 0 Å². The van der Waals surface area contributed by atoms with Gasteiger partial charge in [-0.25, -0.2) is 0 Å². The van der Waals surface area contributed by atoms with Gasteiger partial charge in [0.2, 0.25) is 11.7 Å². The summed E-state index contributed by atoms with van der Waals surface area (Å²) in [7, 11) is 1.59. The topological polar surface area (TPSA) is 123 Å². The molecule has 0 spiro atoms. The highest BCUT2D eigenvalue weighted by Gasteiger charge is 2.08. The lowest BCUT2D eigenvalue weighted by Gasteiger charge is -2.09. The van der Waals surface area contributed by atoms with E-state index in [2.05, 4.69) is 31.6 Å². The summed E-state index contributed by atoms with van der Waals surface area (Å²) in [6, 6.07) is 16.7. The number of benzene rings is 2. The Morgan fingerprint density at radius 2 is 1.73 bits per heavy atom. The number of hydrazine groups is 1. The number of nitrogens with zero attached hydrogens (tertiary/aromatic N) is 4. The van der Waals surface area contributed by atoms with Gasteiger partial charge in [0.1, 0.15) is 5.75 Å². The number of nitrogens with one attached hydrogen (secondary N) is 3. The molecule has 1 aromatic heterocycles. The summed E-state index contributed by atoms with van der Waals surface area (Å²) in [5, 5.41) is 15.2. The SMILES string of the molecule is COc1ccc(NCC(=O)NNC(=O)CCCn2nnc(-c3ccccc3)n2)cc1. The predicted octanol–water partition coefficient (Wildman–Crippen LogP) is 1.39. The Bertz CT molecular complexity index is 958. The Balaban J connectivity index is 1.32. The van der Waals surface area contributed by atoms with Crippen LogP contribution in [0, 0.1) is 0 Å². The third-order valence-corrected chi connectivity index (χ3v) is 4.13. The monoisotopic (exact) mass is 409 g/mol. The molecule has 0 aliphatic heterocycles. The zero-order chi connectivity index (χ0) is 21.2. The molecule has 3 N–H and O–H groups in total. The average molecular weight is 409 g/mol. The molecule has 3 aromatic rings. The molecule has 156 valence electrons. The molecule has 10 heteroatoms. The van der Waals surface area contributed by atoms with Crippen molar-refractivity contribution in [2.75, 3.05) is 19.0 Å². The number of carbonyl (C=O) groups excluding carboxylic acids is 2. The van der Waals surface area contributed by atoms with E-state index in [0.29, 0.717) is 18.8 Å². The van der Waals surface area contributed by atoms with E-state index >= 15 is 0 Å². The molecule has 0 atom stereocenters. The van der Waals surface area contributed by atoms with Gasteiger partial charge in [0.25, 0.3) is 5.91 Å². The van der Waals surface area contributed by atoms with E-state index < -0.39 is 0 Å². The van der Waals surface area contributed by atoms with Gasteiger partial charge in [0.05, 0.1) is 20.2 Å². The van der Waals surface area contributed by atoms with Crippen molar-refractivity contribution in [3.63, 3.8) is 0 Å². The minimum atomic E-state index is -0.357. The fourth-order valence-corrected chi connectivity index (χ4v) is 2.56. The summed E-state index contributed by atoms with van der Waals surface area (Å²) in [5.74, 6) is 0.618. The molecule has 0 saturated carbocycles. The summed E-state index contributed by atoms with van der Waals surface area (Å²) < 4.78 is 5.07. The van der Waals surface area contributed by atoms with E-state index in [1.165, 1.54) is 4.80 Å². The number of rotatable bonds is 9. The van der Waals surface area contributed by atoms with Gasteiger partial charge >= 0.3 is 0 Å². The molecular weight excluding hydrogens is 386 g/mol. The molecule has 3 rings (SSSR count). The van der Waals surface area contributed by atoms with Gasteiger partial charge in [-0.05, 0) is 35.9 Å². The maximum atomic E-state index is 11.9. The first-order valence-electron chi connectivity index (χ1n) is 9.43. The number of aromatic nitrogens is 4. The van der Waals surface area contributed by atoms with Crippen molar-refractivity contribution in [2.24, 2.45) is 0 Å². The Kier molecular flexibility index (Phi) is 7.31. The molecular formula is C20H23N7O3. The minimum Gasteiger partial charge on any atom is -0.497 e. The Morgan fingerprint density at radius 1 is 1.00 bits per heavy atom. The number of amides is 2. The van der Waals surface area contributed by atoms with E-state index in [0.717, 1.165) is 17.0 Å². The highest BCUT2D eigenvalue weighted by atomic mass is 16.5. The fraction of sp³-hybridized carbons (Fsp3) is 0.250. The molecule has 0 fully saturated rings. The predicted molar refractivity (Wildman–Crippen MR) is 110 cm³/mol. The highest BCUT2D eigenvalue weighted by Crippen LogP contribution is 2.14. The molecule has 0 saturated heterocycles. The molecule has 0 unspecified atom stereocenters. The first-order valence-corrected chi connectivity index (χ1v) is 9.43. The molecule has 0 aliphatic rings. The van der Waals surface area contributed by atoms with Crippen molar-refractivity contribution in [3.05, 3.63) is 54.6 Å². The number of hydrogen-bond acceptors (Lipinski definition) is 7. The molecule has 0 aliphatic carbocycles. The molecule has 1 heterocycles. The Labute approximate surface area is 173 Å². The van der Waals surface area contributed by atoms with Crippen molar-refractivity contribution in [1.82, 2.24) is 31.1 Å². The lowest BCUT2D eigenvalue weighted by atomic mass is 10.2. The molecule has 0 bridgehead atoms. The molecule has 10 nitrogen and oxygen atoms in total. The largest absolute Gasteiger partial charge is 0.497 e. The van der Waals surface area contributed by atoms with Crippen LogP contribution in [-0.2, 0) is 16.1 Å². The molecule has 0 radical (unpaired) electrons. The van der Waals surface area contributed by atoms with Gasteiger partial charge in [-0.2, -0.15) is 4.80 Å². The number of ether oxygens (including phenoxy) is 1. The molecule has 30 heavy (non-hydrogen) atoms. The summed E-state index contributed by atoms with van der Waals surface area (Å²) >= 11 is 0. The zero-order valence-electron chi connectivity index (χ0n) is 16.5. The van der Waals surface area contributed by atoms with Gasteiger partial charge < -0.3 is 10.1 Å². The van der Waals surface area contributed by atoms with Crippen molar-refractivity contribution >= 4 is 17.5 Å². The summed E-state index contributed by atoms with van der Waals surface area (Å²) in [6.07, 6.45) is 0.727. The zero-order valence-corrected chi connectivity index (χ0v) is 16.5. The number of hydrogen-bond donors (Lipinski definition) is 3. The van der Waals surface area contributed by atoms with Gasteiger partial charge in [-0.15, -0.1) is 10.2 Å². The fourth-order valence-electron chi connectivity index (χ4n) is 2.56. The minimum absolute atomic E-state index is 0.0255. The van der Waals surface area contributed by atoms with Crippen LogP contribution in [0.15, 0.2) is 54.6 Å². The van der Waals surface area contributed by atoms with Crippen molar-refractivity contribution in [2.45, 2.75) is 19.4 Å². The second kappa shape index (κ2) is 10.6. The van der Waals surface area contributed by atoms with Gasteiger partial charge in [-0.1, -0.05) is 30.3 Å². The van der Waals surface area contributed by atoms with E-state index in [1.807, 2.05) is 30.3 Å². The number of anilines is 1. The lowest BCUT2D eigenvalue weighted by molar-refractivity contribution is -0.128. The van der Waals surface area contributed by atoms with Crippen molar-refractivity contribution in [3.8, 4) is 17.1 Å². The summed E-state index contributed by atoms with van der Waals surface area (Å²) in [6.45, 7) is 0.470. The van der Waals surface area contributed by atoms with Crippen LogP contribution in [0.4, 0.5) is 5.69 Å². The highest BCUT2D eigenvalue weighted by molar-refractivity contribution is 5.84. The molecule has 2 amide bonds. The van der Waals surface area contributed by atoms with Crippen LogP contribution in [0.2, 0.25) is 0 Å². The van der Waals surface area contributed by atoms with Crippen molar-refractivity contribution < 1.29 is 14.3 Å². The summed E-state index contributed by atoms with van der Waals surface area (Å²) in [5.41, 5.74) is 6.42. The number of aryl methyl sites for hydroxylation is 1. The molecule has 2 aromatic carbocycles. The van der Waals surface area contributed by atoms with Crippen LogP contribution in [0.3, 0.4) is 0 Å². The van der Waals surface area contributed by atoms with E-state index in [9.17, 15) is 9.59 Å².